The molecule has 188 valence electrons. The predicted octanol–water partition coefficient (Wildman–Crippen LogP) is 1.04. The van der Waals surface area contributed by atoms with Gasteiger partial charge >= 0.3 is 0 Å². The number of hydrogen-bond acceptors (Lipinski definition) is 7. The average molecular weight is 494 g/mol. The van der Waals surface area contributed by atoms with Crippen molar-refractivity contribution in [2.45, 2.75) is 56.5 Å². The lowest BCUT2D eigenvalue weighted by Crippen LogP contribution is -2.54. The first-order valence-electron chi connectivity index (χ1n) is 12.1. The van der Waals surface area contributed by atoms with Crippen LogP contribution in [-0.2, 0) is 21.4 Å². The van der Waals surface area contributed by atoms with Gasteiger partial charge in [0.05, 0.1) is 11.1 Å². The summed E-state index contributed by atoms with van der Waals surface area (Å²) in [7, 11) is 1.90. The molecule has 1 aromatic carbocycles. The number of benzene rings is 1. The highest BCUT2D eigenvalue weighted by Gasteiger charge is 2.44. The van der Waals surface area contributed by atoms with E-state index in [2.05, 4.69) is 15.7 Å². The maximum Gasteiger partial charge on any atom is 0.262 e. The summed E-state index contributed by atoms with van der Waals surface area (Å²) in [4.78, 5) is 63.0. The van der Waals surface area contributed by atoms with Gasteiger partial charge in [0.15, 0.2) is 6.61 Å². The number of aryl methyl sites for hydroxylation is 1. The van der Waals surface area contributed by atoms with E-state index >= 15 is 0 Å². The van der Waals surface area contributed by atoms with Crippen LogP contribution in [0, 0.1) is 0 Å². The number of rotatable bonds is 6. The maximum atomic E-state index is 13.0. The minimum absolute atomic E-state index is 0.0217. The van der Waals surface area contributed by atoms with Crippen LogP contribution in [0.2, 0.25) is 0 Å². The highest BCUT2D eigenvalue weighted by Crippen LogP contribution is 2.33. The lowest BCUT2D eigenvalue weighted by Gasteiger charge is -2.32. The second-order valence-corrected chi connectivity index (χ2v) is 9.39. The second kappa shape index (κ2) is 9.56. The first kappa shape index (κ1) is 23.7. The first-order valence-corrected chi connectivity index (χ1v) is 12.1. The molecule has 5 rings (SSSR count). The Labute approximate surface area is 207 Å². The van der Waals surface area contributed by atoms with E-state index in [1.54, 1.807) is 6.20 Å². The van der Waals surface area contributed by atoms with Gasteiger partial charge in [0.25, 0.3) is 17.7 Å². The summed E-state index contributed by atoms with van der Waals surface area (Å²) >= 11 is 0. The zero-order valence-corrected chi connectivity index (χ0v) is 19.9. The molecular formula is C25H27N5O6. The number of aromatic nitrogens is 2. The van der Waals surface area contributed by atoms with Gasteiger partial charge in [-0.15, -0.1) is 0 Å². The zero-order valence-electron chi connectivity index (χ0n) is 19.9. The third kappa shape index (κ3) is 4.36. The minimum atomic E-state index is -1.03. The topological polar surface area (TPSA) is 140 Å². The quantitative estimate of drug-likeness (QED) is 0.573. The van der Waals surface area contributed by atoms with E-state index in [0.29, 0.717) is 0 Å². The van der Waals surface area contributed by atoms with Crippen molar-refractivity contribution in [3.63, 3.8) is 0 Å². The molecule has 3 heterocycles. The Morgan fingerprint density at radius 2 is 1.86 bits per heavy atom. The molecule has 11 heteroatoms. The Kier molecular flexibility index (Phi) is 6.29. The summed E-state index contributed by atoms with van der Waals surface area (Å²) in [5, 5.41) is 9.49. The van der Waals surface area contributed by atoms with Crippen molar-refractivity contribution >= 4 is 29.5 Å². The van der Waals surface area contributed by atoms with E-state index in [4.69, 9.17) is 4.74 Å². The van der Waals surface area contributed by atoms with Crippen LogP contribution in [0.3, 0.4) is 0 Å². The molecule has 2 aliphatic heterocycles. The van der Waals surface area contributed by atoms with Crippen LogP contribution in [0.4, 0.5) is 0 Å². The minimum Gasteiger partial charge on any atom is -0.484 e. The summed E-state index contributed by atoms with van der Waals surface area (Å²) in [6, 6.07) is 5.30. The van der Waals surface area contributed by atoms with Gasteiger partial charge in [0.2, 0.25) is 11.8 Å². The van der Waals surface area contributed by atoms with E-state index in [-0.39, 0.29) is 54.2 Å². The number of piperidine rings is 1. The number of fused-ring (bicyclic) bond motifs is 1. The van der Waals surface area contributed by atoms with Gasteiger partial charge in [0.1, 0.15) is 11.8 Å². The molecule has 1 saturated heterocycles. The van der Waals surface area contributed by atoms with E-state index in [0.717, 1.165) is 36.3 Å². The molecule has 0 radical (unpaired) electrons. The molecule has 11 nitrogen and oxygen atoms in total. The fraction of sp³-hybridized carbons (Fsp3) is 0.440. The van der Waals surface area contributed by atoms with Crippen LogP contribution >= 0.6 is 0 Å². The van der Waals surface area contributed by atoms with Crippen molar-refractivity contribution in [1.29, 1.82) is 0 Å². The Morgan fingerprint density at radius 1 is 1.08 bits per heavy atom. The number of carbonyl (C=O) groups is 5. The summed E-state index contributed by atoms with van der Waals surface area (Å²) in [5.74, 6) is -2.14. The Hall–Kier alpha value is -4.02. The molecule has 1 aromatic heterocycles. The van der Waals surface area contributed by atoms with Gasteiger partial charge in [-0.05, 0) is 43.5 Å². The summed E-state index contributed by atoms with van der Waals surface area (Å²) in [5.41, 5.74) is 1.34. The van der Waals surface area contributed by atoms with Crippen molar-refractivity contribution < 1.29 is 28.7 Å². The smallest absolute Gasteiger partial charge is 0.262 e. The van der Waals surface area contributed by atoms with Gasteiger partial charge in [-0.2, -0.15) is 5.10 Å². The Bertz CT molecular complexity index is 1250. The summed E-state index contributed by atoms with van der Waals surface area (Å²) < 4.78 is 7.49. The highest BCUT2D eigenvalue weighted by atomic mass is 16.5. The number of imide groups is 2. The van der Waals surface area contributed by atoms with Crippen LogP contribution in [0.25, 0.3) is 0 Å². The Balaban J connectivity index is 1.23. The fourth-order valence-electron chi connectivity index (χ4n) is 5.34. The van der Waals surface area contributed by atoms with Crippen molar-refractivity contribution in [3.05, 3.63) is 47.3 Å². The summed E-state index contributed by atoms with van der Waals surface area (Å²) in [6.07, 6.45) is 5.86. The van der Waals surface area contributed by atoms with E-state index in [1.165, 1.54) is 18.2 Å². The van der Waals surface area contributed by atoms with Gasteiger partial charge in [-0.1, -0.05) is 12.8 Å². The molecule has 3 atom stereocenters. The van der Waals surface area contributed by atoms with Crippen molar-refractivity contribution in [3.8, 4) is 5.75 Å². The van der Waals surface area contributed by atoms with Gasteiger partial charge in [0, 0.05) is 37.3 Å². The highest BCUT2D eigenvalue weighted by molar-refractivity contribution is 6.23. The molecule has 1 saturated carbocycles. The van der Waals surface area contributed by atoms with Crippen LogP contribution in [0.5, 0.6) is 5.75 Å². The monoisotopic (exact) mass is 493 g/mol. The van der Waals surface area contributed by atoms with Crippen LogP contribution < -0.4 is 15.4 Å². The molecule has 5 amide bonds. The Morgan fingerprint density at radius 3 is 2.61 bits per heavy atom. The van der Waals surface area contributed by atoms with E-state index in [9.17, 15) is 24.0 Å². The first-order chi connectivity index (χ1) is 17.3. The zero-order chi connectivity index (χ0) is 25.4. The van der Waals surface area contributed by atoms with E-state index < -0.39 is 29.7 Å². The van der Waals surface area contributed by atoms with Crippen LogP contribution in [-0.4, -0.2) is 62.9 Å². The van der Waals surface area contributed by atoms with Crippen molar-refractivity contribution in [1.82, 2.24) is 25.3 Å². The standard InChI is InChI=1S/C25H27N5O6/c1-29-19(10-11-26-29)16-4-2-3-5-18(16)27-22(32)13-36-14-6-7-15-17(12-14)25(35)30(24(15)34)20-8-9-21(31)28-23(20)33/h6-7,10-12,16,18,20H,2-5,8-9,13H2,1H3,(H,27,32)(H,28,31,33)/t16-,18+,20?/m1/s1. The molecule has 36 heavy (non-hydrogen) atoms. The molecule has 2 N–H and O–H groups in total. The molecular weight excluding hydrogens is 466 g/mol. The van der Waals surface area contributed by atoms with Gasteiger partial charge in [-0.25, -0.2) is 0 Å². The third-order valence-electron chi connectivity index (χ3n) is 7.13. The third-order valence-corrected chi connectivity index (χ3v) is 7.13. The molecule has 0 bridgehead atoms. The largest absolute Gasteiger partial charge is 0.484 e. The number of amides is 5. The SMILES string of the molecule is Cn1nccc1[C@@H]1CCCC[C@@H]1NC(=O)COc1ccc2c(c1)C(=O)N(C1CCC(=O)NC1=O)C2=O. The van der Waals surface area contributed by atoms with E-state index in [1.807, 2.05) is 17.8 Å². The fourth-order valence-corrected chi connectivity index (χ4v) is 5.34. The molecule has 1 aliphatic carbocycles. The lowest BCUT2D eigenvalue weighted by molar-refractivity contribution is -0.136. The lowest BCUT2D eigenvalue weighted by atomic mass is 9.82. The number of hydrogen-bond donors (Lipinski definition) is 2. The van der Waals surface area contributed by atoms with Gasteiger partial charge in [-0.3, -0.25) is 38.9 Å². The number of ether oxygens (including phenoxy) is 1. The van der Waals surface area contributed by atoms with Crippen molar-refractivity contribution in [2.75, 3.05) is 6.61 Å². The van der Waals surface area contributed by atoms with Crippen molar-refractivity contribution in [2.24, 2.45) is 7.05 Å². The summed E-state index contributed by atoms with van der Waals surface area (Å²) in [6.45, 7) is -0.244. The average Bonchev–Trinajstić information content (AvgIpc) is 3.39. The van der Waals surface area contributed by atoms with Crippen LogP contribution in [0.15, 0.2) is 30.5 Å². The molecule has 3 aliphatic rings. The predicted molar refractivity (Wildman–Crippen MR) is 125 cm³/mol. The number of nitrogens with zero attached hydrogens (tertiary/aromatic N) is 3. The number of nitrogens with one attached hydrogen (secondary N) is 2. The second-order valence-electron chi connectivity index (χ2n) is 9.39. The maximum absolute atomic E-state index is 13.0. The normalized spacial score (nSPS) is 23.9. The molecule has 2 fully saturated rings. The number of carbonyl (C=O) groups excluding carboxylic acids is 5. The molecule has 2 aromatic rings. The van der Waals surface area contributed by atoms with Crippen LogP contribution in [0.1, 0.15) is 70.9 Å². The molecule has 1 unspecified atom stereocenters. The van der Waals surface area contributed by atoms with Gasteiger partial charge < -0.3 is 10.1 Å². The molecule has 0 spiro atoms.